The maximum atomic E-state index is 12.7. The number of hydrogen-bond donors (Lipinski definition) is 1. The molecule has 0 amide bonds. The maximum absolute atomic E-state index is 12.7. The molecule has 0 aromatic carbocycles. The van der Waals surface area contributed by atoms with Gasteiger partial charge in [0.25, 0.3) is 0 Å². The highest BCUT2D eigenvalue weighted by molar-refractivity contribution is 5.99. The van der Waals surface area contributed by atoms with E-state index in [1.807, 2.05) is 12.2 Å². The SMILES string of the molecule is CC(=CCCC(C)C1CCC2(C)C3=C(CCC12C)C1(C)C=CC(=O)C(C)(C)C1=CC3)C(=O)O. The molecule has 5 unspecified atom stereocenters. The second-order valence-electron chi connectivity index (χ2n) is 12.4. The normalized spacial score (nSPS) is 38.4. The van der Waals surface area contributed by atoms with Gasteiger partial charge < -0.3 is 5.11 Å². The fourth-order valence-electron chi connectivity index (χ4n) is 8.23. The lowest BCUT2D eigenvalue weighted by Gasteiger charge is -2.57. The van der Waals surface area contributed by atoms with Crippen LogP contribution in [0.25, 0.3) is 0 Å². The predicted octanol–water partition coefficient (Wildman–Crippen LogP) is 7.45. The number of carboxylic acid groups (broad SMARTS) is 1. The third-order valence-corrected chi connectivity index (χ3v) is 10.6. The zero-order valence-corrected chi connectivity index (χ0v) is 21.7. The van der Waals surface area contributed by atoms with Gasteiger partial charge in [-0.1, -0.05) is 50.1 Å². The molecule has 0 aromatic heterocycles. The molecule has 180 valence electrons. The zero-order valence-electron chi connectivity index (χ0n) is 21.7. The molecule has 0 aromatic rings. The van der Waals surface area contributed by atoms with Gasteiger partial charge in [0.2, 0.25) is 0 Å². The van der Waals surface area contributed by atoms with Gasteiger partial charge in [0.1, 0.15) is 0 Å². The molecule has 3 heteroatoms. The number of ketones is 1. The van der Waals surface area contributed by atoms with Crippen LogP contribution in [0.5, 0.6) is 0 Å². The minimum atomic E-state index is -0.810. The Morgan fingerprint density at radius 2 is 1.88 bits per heavy atom. The number of carbonyl (C=O) groups is 2. The van der Waals surface area contributed by atoms with E-state index >= 15 is 0 Å². The first kappa shape index (κ1) is 24.2. The molecular formula is C30H42O3. The van der Waals surface area contributed by atoms with Gasteiger partial charge in [0.05, 0.1) is 0 Å². The molecule has 1 fully saturated rings. The molecule has 0 saturated heterocycles. The van der Waals surface area contributed by atoms with Crippen LogP contribution in [0.2, 0.25) is 0 Å². The van der Waals surface area contributed by atoms with Crippen molar-refractivity contribution in [3.63, 3.8) is 0 Å². The lowest BCUT2D eigenvalue weighted by atomic mass is 9.47. The third-order valence-electron chi connectivity index (χ3n) is 10.6. The van der Waals surface area contributed by atoms with Crippen molar-refractivity contribution in [2.24, 2.45) is 33.5 Å². The average molecular weight is 451 g/mol. The van der Waals surface area contributed by atoms with Crippen molar-refractivity contribution in [1.82, 2.24) is 0 Å². The van der Waals surface area contributed by atoms with E-state index < -0.39 is 11.4 Å². The van der Waals surface area contributed by atoms with Crippen LogP contribution in [0.1, 0.15) is 93.4 Å². The number of carbonyl (C=O) groups excluding carboxylic acids is 1. The van der Waals surface area contributed by atoms with Gasteiger partial charge in [-0.05, 0) is 107 Å². The molecule has 0 spiro atoms. The molecule has 1 saturated carbocycles. The van der Waals surface area contributed by atoms with E-state index in [0.717, 1.165) is 25.7 Å². The number of allylic oxidation sites excluding steroid dienone is 7. The Bertz CT molecular complexity index is 1010. The summed E-state index contributed by atoms with van der Waals surface area (Å²) < 4.78 is 0. The fraction of sp³-hybridized carbons (Fsp3) is 0.667. The Kier molecular flexibility index (Phi) is 5.74. The monoisotopic (exact) mass is 450 g/mol. The van der Waals surface area contributed by atoms with E-state index in [1.165, 1.54) is 24.8 Å². The average Bonchev–Trinajstić information content (AvgIpc) is 3.02. The lowest BCUT2D eigenvalue weighted by Crippen LogP contribution is -2.48. The Morgan fingerprint density at radius 3 is 2.55 bits per heavy atom. The zero-order chi connectivity index (χ0) is 24.4. The van der Waals surface area contributed by atoms with Gasteiger partial charge in [-0.25, -0.2) is 4.79 Å². The van der Waals surface area contributed by atoms with Crippen LogP contribution in [0.4, 0.5) is 0 Å². The number of hydrogen-bond acceptors (Lipinski definition) is 2. The summed E-state index contributed by atoms with van der Waals surface area (Å²) in [6, 6.07) is 0. The minimum Gasteiger partial charge on any atom is -0.478 e. The van der Waals surface area contributed by atoms with Gasteiger partial charge in [-0.3, -0.25) is 4.79 Å². The van der Waals surface area contributed by atoms with Crippen LogP contribution in [-0.4, -0.2) is 16.9 Å². The smallest absolute Gasteiger partial charge is 0.330 e. The summed E-state index contributed by atoms with van der Waals surface area (Å²) in [6.45, 7) is 15.7. The van der Waals surface area contributed by atoms with Crippen LogP contribution in [0.3, 0.4) is 0 Å². The summed E-state index contributed by atoms with van der Waals surface area (Å²) in [6.07, 6.45) is 16.0. The van der Waals surface area contributed by atoms with Crippen molar-refractivity contribution >= 4 is 11.8 Å². The number of fused-ring (bicyclic) bond motifs is 4. The van der Waals surface area contributed by atoms with Gasteiger partial charge in [-0.2, -0.15) is 0 Å². The first-order chi connectivity index (χ1) is 15.3. The highest BCUT2D eigenvalue weighted by Crippen LogP contribution is 2.70. The Labute approximate surface area is 200 Å². The molecule has 1 N–H and O–H groups in total. The summed E-state index contributed by atoms with van der Waals surface area (Å²) >= 11 is 0. The maximum Gasteiger partial charge on any atom is 0.330 e. The van der Waals surface area contributed by atoms with Crippen LogP contribution >= 0.6 is 0 Å². The van der Waals surface area contributed by atoms with Crippen molar-refractivity contribution in [3.8, 4) is 0 Å². The Morgan fingerprint density at radius 1 is 1.18 bits per heavy atom. The van der Waals surface area contributed by atoms with E-state index in [-0.39, 0.29) is 22.0 Å². The van der Waals surface area contributed by atoms with E-state index in [0.29, 0.717) is 17.4 Å². The number of rotatable bonds is 5. The van der Waals surface area contributed by atoms with E-state index in [4.69, 9.17) is 5.11 Å². The van der Waals surface area contributed by atoms with Crippen LogP contribution in [0, 0.1) is 33.5 Å². The van der Waals surface area contributed by atoms with E-state index in [1.54, 1.807) is 18.1 Å². The first-order valence-corrected chi connectivity index (χ1v) is 12.9. The van der Waals surface area contributed by atoms with Crippen molar-refractivity contribution < 1.29 is 14.7 Å². The van der Waals surface area contributed by atoms with Gasteiger partial charge in [-0.15, -0.1) is 0 Å². The lowest BCUT2D eigenvalue weighted by molar-refractivity contribution is -0.132. The van der Waals surface area contributed by atoms with Crippen LogP contribution < -0.4 is 0 Å². The third kappa shape index (κ3) is 3.36. The van der Waals surface area contributed by atoms with Crippen molar-refractivity contribution in [3.05, 3.63) is 46.6 Å². The molecule has 3 nitrogen and oxygen atoms in total. The fourth-order valence-corrected chi connectivity index (χ4v) is 8.23. The molecule has 4 rings (SSSR count). The van der Waals surface area contributed by atoms with Gasteiger partial charge >= 0.3 is 5.97 Å². The van der Waals surface area contributed by atoms with Crippen molar-refractivity contribution in [2.45, 2.75) is 93.4 Å². The summed E-state index contributed by atoms with van der Waals surface area (Å²) in [5.74, 6) is 0.653. The molecule has 0 heterocycles. The Balaban J connectivity index is 1.63. The molecule has 33 heavy (non-hydrogen) atoms. The highest BCUT2D eigenvalue weighted by atomic mass is 16.4. The number of carboxylic acids is 1. The molecule has 0 bridgehead atoms. The summed E-state index contributed by atoms with van der Waals surface area (Å²) in [7, 11) is 0. The van der Waals surface area contributed by atoms with Crippen LogP contribution in [0.15, 0.2) is 46.6 Å². The topological polar surface area (TPSA) is 54.4 Å². The minimum absolute atomic E-state index is 0.127. The summed E-state index contributed by atoms with van der Waals surface area (Å²) in [5, 5.41) is 9.15. The van der Waals surface area contributed by atoms with E-state index in [9.17, 15) is 9.59 Å². The second kappa shape index (κ2) is 7.82. The highest BCUT2D eigenvalue weighted by Gasteiger charge is 2.61. The van der Waals surface area contributed by atoms with Gasteiger partial charge in [0, 0.05) is 16.4 Å². The van der Waals surface area contributed by atoms with Gasteiger partial charge in [0.15, 0.2) is 5.78 Å². The molecule has 0 aliphatic heterocycles. The first-order valence-electron chi connectivity index (χ1n) is 12.9. The van der Waals surface area contributed by atoms with E-state index in [2.05, 4.69) is 53.7 Å². The molecule has 0 radical (unpaired) electrons. The summed E-state index contributed by atoms with van der Waals surface area (Å²) in [4.78, 5) is 23.8. The van der Waals surface area contributed by atoms with Crippen molar-refractivity contribution in [2.75, 3.05) is 0 Å². The number of aliphatic carboxylic acids is 1. The largest absolute Gasteiger partial charge is 0.478 e. The summed E-state index contributed by atoms with van der Waals surface area (Å²) in [5.41, 5.74) is 4.91. The van der Waals surface area contributed by atoms with Crippen LogP contribution in [-0.2, 0) is 9.59 Å². The molecular weight excluding hydrogens is 408 g/mol. The molecule has 4 aliphatic rings. The molecule has 5 atom stereocenters. The second-order valence-corrected chi connectivity index (χ2v) is 12.4. The standard InChI is InChI=1S/C30H42O3/c1-19(9-8-10-20(2)26(32)33)21-13-17-30(7)23-11-12-24-27(3,4)25(31)15-16-28(24,5)22(23)14-18-29(21,30)6/h10,12,15-16,19,21H,8-9,11,13-14,17-18H2,1-7H3,(H,32,33). The molecule has 4 aliphatic carbocycles. The quantitative estimate of drug-likeness (QED) is 0.349. The van der Waals surface area contributed by atoms with Crippen molar-refractivity contribution in [1.29, 1.82) is 0 Å². The predicted molar refractivity (Wildman–Crippen MR) is 134 cm³/mol. The Hall–Kier alpha value is -1.90.